The van der Waals surface area contributed by atoms with E-state index in [9.17, 15) is 9.13 Å². The van der Waals surface area contributed by atoms with Gasteiger partial charge in [0.2, 0.25) is 0 Å². The molecule has 15 heteroatoms. The van der Waals surface area contributed by atoms with E-state index in [1.807, 2.05) is 0 Å². The van der Waals surface area contributed by atoms with Crippen molar-refractivity contribution in [2.45, 2.75) is 0 Å². The molecule has 0 atom stereocenters. The lowest BCUT2D eigenvalue weighted by molar-refractivity contribution is 0.0434. The van der Waals surface area contributed by atoms with Gasteiger partial charge in [0.05, 0.1) is 52.9 Å². The van der Waals surface area contributed by atoms with Gasteiger partial charge in [-0.1, -0.05) is 0 Å². The average molecular weight is 516 g/mol. The van der Waals surface area contributed by atoms with E-state index in [1.165, 1.54) is 0 Å². The third kappa shape index (κ3) is 15.8. The standard InChI is InChI=1S/C12H24Cl4O9P2/c13-1-5-20-26(17,21-6-2-14)24-11-9-19-10-12-25-27(18,22-7-3-15)23-8-4-16/h1-12H2. The Balaban J connectivity index is 4.06. The highest BCUT2D eigenvalue weighted by molar-refractivity contribution is 7.48. The van der Waals surface area contributed by atoms with Crippen LogP contribution in [-0.2, 0) is 41.0 Å². The Kier molecular flexibility index (Phi) is 19.0. The minimum absolute atomic E-state index is 0.00426. The zero-order chi connectivity index (χ0) is 20.4. The first-order valence-corrected chi connectivity index (χ1v) is 12.9. The molecular weight excluding hydrogens is 492 g/mol. The topological polar surface area (TPSA) is 98.8 Å². The summed E-state index contributed by atoms with van der Waals surface area (Å²) in [5, 5.41) is 0. The van der Waals surface area contributed by atoms with Gasteiger partial charge < -0.3 is 4.74 Å². The molecule has 0 spiro atoms. The SMILES string of the molecule is O=P(OCCCl)(OCCCl)OCCOCCOP(=O)(OCCCl)OCCCl. The highest BCUT2D eigenvalue weighted by atomic mass is 35.5. The summed E-state index contributed by atoms with van der Waals surface area (Å²) < 4.78 is 59.7. The Labute approximate surface area is 179 Å². The van der Waals surface area contributed by atoms with Gasteiger partial charge >= 0.3 is 15.6 Å². The number of hydrogen-bond acceptors (Lipinski definition) is 9. The smallest absolute Gasteiger partial charge is 0.377 e. The molecule has 0 aliphatic carbocycles. The third-order valence-corrected chi connectivity index (χ3v) is 5.87. The quantitative estimate of drug-likeness (QED) is 0.134. The first-order valence-electron chi connectivity index (χ1n) is 7.84. The van der Waals surface area contributed by atoms with E-state index in [0.717, 1.165) is 0 Å². The second-order valence-electron chi connectivity index (χ2n) is 4.26. The van der Waals surface area contributed by atoms with Crippen molar-refractivity contribution in [3.05, 3.63) is 0 Å². The average Bonchev–Trinajstić information content (AvgIpc) is 2.67. The molecule has 0 aromatic rings. The highest BCUT2D eigenvalue weighted by Crippen LogP contribution is 2.50. The number of alkyl halides is 4. The van der Waals surface area contributed by atoms with Crippen molar-refractivity contribution < 1.29 is 41.0 Å². The second-order valence-corrected chi connectivity index (χ2v) is 9.11. The molecule has 0 unspecified atom stereocenters. The van der Waals surface area contributed by atoms with Crippen molar-refractivity contribution in [3.8, 4) is 0 Å². The van der Waals surface area contributed by atoms with Crippen LogP contribution < -0.4 is 0 Å². The molecule has 0 heterocycles. The van der Waals surface area contributed by atoms with Gasteiger partial charge in [0, 0.05) is 23.5 Å². The summed E-state index contributed by atoms with van der Waals surface area (Å²) in [5.74, 6) is 0.512. The van der Waals surface area contributed by atoms with Crippen LogP contribution >= 0.6 is 62.0 Å². The van der Waals surface area contributed by atoms with Crippen LogP contribution in [0.15, 0.2) is 0 Å². The molecule has 0 radical (unpaired) electrons. The maximum atomic E-state index is 12.2. The van der Waals surface area contributed by atoms with Crippen LogP contribution in [0.5, 0.6) is 0 Å². The predicted octanol–water partition coefficient (Wildman–Crippen LogP) is 4.27. The Morgan fingerprint density at radius 2 is 0.704 bits per heavy atom. The number of ether oxygens (including phenoxy) is 1. The lowest BCUT2D eigenvalue weighted by Gasteiger charge is -2.18. The number of phosphoric acid groups is 2. The summed E-state index contributed by atoms with van der Waals surface area (Å²) in [6, 6.07) is 0. The van der Waals surface area contributed by atoms with Gasteiger partial charge in [-0.3, -0.25) is 27.1 Å². The van der Waals surface area contributed by atoms with Crippen molar-refractivity contribution in [2.75, 3.05) is 76.4 Å². The predicted molar refractivity (Wildman–Crippen MR) is 105 cm³/mol. The van der Waals surface area contributed by atoms with Gasteiger partial charge in [-0.05, 0) is 0 Å². The molecule has 0 fully saturated rings. The van der Waals surface area contributed by atoms with E-state index in [4.69, 9.17) is 78.3 Å². The van der Waals surface area contributed by atoms with Crippen LogP contribution in [0.3, 0.4) is 0 Å². The van der Waals surface area contributed by atoms with E-state index in [0.29, 0.717) is 0 Å². The summed E-state index contributed by atoms with van der Waals surface area (Å²) in [6.07, 6.45) is 0. The molecule has 0 aromatic heterocycles. The Bertz CT molecular complexity index is 385. The first-order chi connectivity index (χ1) is 12.9. The number of rotatable bonds is 20. The molecule has 164 valence electrons. The molecule has 0 amide bonds. The minimum atomic E-state index is -3.75. The van der Waals surface area contributed by atoms with Crippen LogP contribution in [0.2, 0.25) is 0 Å². The fraction of sp³-hybridized carbons (Fsp3) is 1.00. The molecule has 0 aromatic carbocycles. The van der Waals surface area contributed by atoms with Crippen LogP contribution in [0.4, 0.5) is 0 Å². The van der Waals surface area contributed by atoms with Gasteiger partial charge in [0.1, 0.15) is 0 Å². The third-order valence-electron chi connectivity index (χ3n) is 2.26. The molecule has 0 aliphatic heterocycles. The van der Waals surface area contributed by atoms with Gasteiger partial charge in [-0.25, -0.2) is 9.13 Å². The van der Waals surface area contributed by atoms with Gasteiger partial charge in [0.25, 0.3) is 0 Å². The number of halogens is 4. The molecule has 0 rings (SSSR count). The molecule has 27 heavy (non-hydrogen) atoms. The van der Waals surface area contributed by atoms with Gasteiger partial charge in [0.15, 0.2) is 0 Å². The Hall–Kier alpha value is 1.34. The van der Waals surface area contributed by atoms with Gasteiger partial charge in [-0.2, -0.15) is 0 Å². The van der Waals surface area contributed by atoms with Crippen molar-refractivity contribution >= 4 is 62.0 Å². The van der Waals surface area contributed by atoms with E-state index >= 15 is 0 Å². The largest absolute Gasteiger partial charge is 0.474 e. The molecule has 0 saturated heterocycles. The van der Waals surface area contributed by atoms with Crippen molar-refractivity contribution in [3.63, 3.8) is 0 Å². The van der Waals surface area contributed by atoms with Crippen molar-refractivity contribution in [1.82, 2.24) is 0 Å². The highest BCUT2D eigenvalue weighted by Gasteiger charge is 2.27. The number of phosphoric ester groups is 2. The normalized spacial score (nSPS) is 12.6. The zero-order valence-corrected chi connectivity index (χ0v) is 19.4. The first kappa shape index (κ1) is 28.3. The maximum absolute atomic E-state index is 12.2. The van der Waals surface area contributed by atoms with Crippen LogP contribution in [0.1, 0.15) is 0 Å². The molecule has 9 nitrogen and oxygen atoms in total. The Morgan fingerprint density at radius 1 is 0.444 bits per heavy atom. The zero-order valence-electron chi connectivity index (χ0n) is 14.6. The van der Waals surface area contributed by atoms with E-state index in [1.54, 1.807) is 0 Å². The fourth-order valence-corrected chi connectivity index (χ4v) is 4.37. The number of hydrogen-bond donors (Lipinski definition) is 0. The Morgan fingerprint density at radius 3 is 0.963 bits per heavy atom. The van der Waals surface area contributed by atoms with Crippen LogP contribution in [0.25, 0.3) is 0 Å². The summed E-state index contributed by atoms with van der Waals surface area (Å²) in [4.78, 5) is 0. The van der Waals surface area contributed by atoms with Crippen LogP contribution in [0, 0.1) is 0 Å². The van der Waals surface area contributed by atoms with Crippen molar-refractivity contribution in [2.24, 2.45) is 0 Å². The lowest BCUT2D eigenvalue weighted by Crippen LogP contribution is -2.12. The fourth-order valence-electron chi connectivity index (χ4n) is 1.33. The lowest BCUT2D eigenvalue weighted by atomic mass is 10.7. The van der Waals surface area contributed by atoms with Crippen LogP contribution in [-0.4, -0.2) is 76.4 Å². The van der Waals surface area contributed by atoms with E-state index in [2.05, 4.69) is 0 Å². The van der Waals surface area contributed by atoms with E-state index in [-0.39, 0.29) is 76.4 Å². The maximum Gasteiger partial charge on any atom is 0.474 e. The van der Waals surface area contributed by atoms with Gasteiger partial charge in [-0.15, -0.1) is 46.4 Å². The molecular formula is C12H24Cl4O9P2. The molecule has 0 bridgehead atoms. The summed E-state index contributed by atoms with van der Waals surface area (Å²) >= 11 is 21.9. The summed E-state index contributed by atoms with van der Waals surface area (Å²) in [6.45, 7) is -0.0682. The monoisotopic (exact) mass is 514 g/mol. The minimum Gasteiger partial charge on any atom is -0.377 e. The molecule has 0 aliphatic rings. The summed E-state index contributed by atoms with van der Waals surface area (Å²) in [5.41, 5.74) is 0. The van der Waals surface area contributed by atoms with E-state index < -0.39 is 15.6 Å². The molecule has 0 saturated carbocycles. The molecule has 0 N–H and O–H groups in total. The summed E-state index contributed by atoms with van der Waals surface area (Å²) in [7, 11) is -7.50. The van der Waals surface area contributed by atoms with Crippen molar-refractivity contribution in [1.29, 1.82) is 0 Å². The second kappa shape index (κ2) is 18.1.